The topological polar surface area (TPSA) is 26.0 Å². The van der Waals surface area contributed by atoms with Crippen LogP contribution in [-0.4, -0.2) is 0 Å². The monoisotopic (exact) mass is 283 g/mol. The van der Waals surface area contributed by atoms with Gasteiger partial charge in [0, 0.05) is 11.6 Å². The van der Waals surface area contributed by atoms with Crippen molar-refractivity contribution in [3.05, 3.63) is 33.6 Å². The van der Waals surface area contributed by atoms with Gasteiger partial charge in [-0.2, -0.15) is 0 Å². The minimum Gasteiger partial charge on any atom is -0.324 e. The third-order valence-corrected chi connectivity index (χ3v) is 3.89. The van der Waals surface area contributed by atoms with Crippen LogP contribution in [-0.2, 0) is 0 Å². The molecule has 1 aromatic rings. The van der Waals surface area contributed by atoms with Crippen molar-refractivity contribution in [1.82, 2.24) is 0 Å². The molecule has 16 heavy (non-hydrogen) atoms. The number of hydrogen-bond acceptors (Lipinski definition) is 1. The Hall–Kier alpha value is -0.0200. The molecule has 0 aromatic heterocycles. The summed E-state index contributed by atoms with van der Waals surface area (Å²) in [6, 6.07) is 2.45. The number of benzene rings is 1. The van der Waals surface area contributed by atoms with Gasteiger partial charge in [0.2, 0.25) is 0 Å². The molecular weight excluding hydrogens is 271 g/mol. The fourth-order valence-electron chi connectivity index (χ4n) is 1.88. The van der Waals surface area contributed by atoms with E-state index in [0.29, 0.717) is 16.5 Å². The minimum atomic E-state index is -0.358. The van der Waals surface area contributed by atoms with Crippen molar-refractivity contribution in [3.63, 3.8) is 0 Å². The van der Waals surface area contributed by atoms with Gasteiger partial charge in [0.15, 0.2) is 0 Å². The van der Waals surface area contributed by atoms with Crippen LogP contribution in [0.15, 0.2) is 12.1 Å². The molecule has 0 bridgehead atoms. The van der Waals surface area contributed by atoms with E-state index in [4.69, 9.17) is 28.9 Å². The molecule has 0 spiro atoms. The highest BCUT2D eigenvalue weighted by Gasteiger charge is 2.29. The van der Waals surface area contributed by atoms with E-state index in [9.17, 15) is 4.39 Å². The highest BCUT2D eigenvalue weighted by atomic mass is 35.5. The molecule has 90 valence electrons. The van der Waals surface area contributed by atoms with E-state index in [1.54, 1.807) is 0 Å². The van der Waals surface area contributed by atoms with Crippen molar-refractivity contribution in [2.45, 2.75) is 25.3 Å². The SMILES string of the molecule is Cl.N[C@@H](c1c(F)ccc(Cl)c1Cl)C1CCC1. The molecule has 0 saturated heterocycles. The molecule has 2 N–H and O–H groups in total. The summed E-state index contributed by atoms with van der Waals surface area (Å²) in [4.78, 5) is 0. The van der Waals surface area contributed by atoms with Crippen LogP contribution in [0.5, 0.6) is 0 Å². The van der Waals surface area contributed by atoms with Gasteiger partial charge in [0.25, 0.3) is 0 Å². The molecule has 0 radical (unpaired) electrons. The third kappa shape index (κ3) is 2.45. The van der Waals surface area contributed by atoms with Crippen LogP contribution in [0.3, 0.4) is 0 Å². The normalized spacial score (nSPS) is 17.5. The van der Waals surface area contributed by atoms with Gasteiger partial charge in [0.1, 0.15) is 5.82 Å². The van der Waals surface area contributed by atoms with E-state index in [-0.39, 0.29) is 29.3 Å². The molecule has 0 amide bonds. The van der Waals surface area contributed by atoms with Gasteiger partial charge in [-0.15, -0.1) is 12.4 Å². The molecule has 1 atom stereocenters. The summed E-state index contributed by atoms with van der Waals surface area (Å²) in [5.74, 6) is -0.0146. The Morgan fingerprint density at radius 1 is 1.31 bits per heavy atom. The lowest BCUT2D eigenvalue weighted by molar-refractivity contribution is 0.260. The van der Waals surface area contributed by atoms with Crippen LogP contribution in [0.25, 0.3) is 0 Å². The summed E-state index contributed by atoms with van der Waals surface area (Å²) in [6.07, 6.45) is 3.26. The summed E-state index contributed by atoms with van der Waals surface area (Å²) in [5.41, 5.74) is 6.36. The molecular formula is C11H13Cl3FN. The Kier molecular flexibility index (Phi) is 4.87. The Labute approximate surface area is 111 Å². The first-order valence-corrected chi connectivity index (χ1v) is 5.76. The van der Waals surface area contributed by atoms with E-state index in [1.165, 1.54) is 12.1 Å². The second-order valence-electron chi connectivity index (χ2n) is 3.97. The molecule has 1 aliphatic carbocycles. The average molecular weight is 285 g/mol. The van der Waals surface area contributed by atoms with Crippen LogP contribution in [0.4, 0.5) is 4.39 Å². The summed E-state index contributed by atoms with van der Waals surface area (Å²) in [6.45, 7) is 0. The van der Waals surface area contributed by atoms with Gasteiger partial charge < -0.3 is 5.73 Å². The predicted molar refractivity (Wildman–Crippen MR) is 67.9 cm³/mol. The molecule has 1 aliphatic rings. The van der Waals surface area contributed by atoms with Gasteiger partial charge in [-0.3, -0.25) is 0 Å². The van der Waals surface area contributed by atoms with Crippen LogP contribution in [0.1, 0.15) is 30.9 Å². The van der Waals surface area contributed by atoms with Crippen LogP contribution in [0.2, 0.25) is 10.0 Å². The second kappa shape index (κ2) is 5.54. The van der Waals surface area contributed by atoms with Crippen molar-refractivity contribution in [1.29, 1.82) is 0 Å². The quantitative estimate of drug-likeness (QED) is 0.803. The average Bonchev–Trinajstić information content (AvgIpc) is 2.09. The van der Waals surface area contributed by atoms with E-state index in [2.05, 4.69) is 0 Å². The molecule has 0 heterocycles. The van der Waals surface area contributed by atoms with E-state index >= 15 is 0 Å². The lowest BCUT2D eigenvalue weighted by Gasteiger charge is -2.32. The van der Waals surface area contributed by atoms with Gasteiger partial charge in [-0.1, -0.05) is 29.6 Å². The van der Waals surface area contributed by atoms with E-state index < -0.39 is 0 Å². The standard InChI is InChI=1S/C11H12Cl2FN.ClH/c12-7-4-5-8(14)9(10(7)13)11(15)6-2-1-3-6;/h4-6,11H,1-3,15H2;1H/t11-;/m1./s1. The summed E-state index contributed by atoms with van der Waals surface area (Å²) < 4.78 is 13.6. The fourth-order valence-corrected chi connectivity index (χ4v) is 2.33. The zero-order chi connectivity index (χ0) is 11.0. The fraction of sp³-hybridized carbons (Fsp3) is 0.455. The van der Waals surface area contributed by atoms with Crippen molar-refractivity contribution in [3.8, 4) is 0 Å². The van der Waals surface area contributed by atoms with Gasteiger partial charge in [-0.05, 0) is 30.9 Å². The summed E-state index contributed by atoms with van der Waals surface area (Å²) >= 11 is 11.8. The summed E-state index contributed by atoms with van der Waals surface area (Å²) in [5, 5.41) is 0.624. The van der Waals surface area contributed by atoms with Crippen molar-refractivity contribution >= 4 is 35.6 Å². The zero-order valence-electron chi connectivity index (χ0n) is 8.55. The number of rotatable bonds is 2. The number of nitrogens with two attached hydrogens (primary N) is 1. The van der Waals surface area contributed by atoms with Crippen LogP contribution >= 0.6 is 35.6 Å². The maximum atomic E-state index is 13.6. The van der Waals surface area contributed by atoms with Crippen molar-refractivity contribution in [2.75, 3.05) is 0 Å². The van der Waals surface area contributed by atoms with E-state index in [0.717, 1.165) is 19.3 Å². The molecule has 0 aliphatic heterocycles. The molecule has 1 aromatic carbocycles. The molecule has 2 rings (SSSR count). The maximum Gasteiger partial charge on any atom is 0.129 e. The molecule has 5 heteroatoms. The lowest BCUT2D eigenvalue weighted by Crippen LogP contribution is -2.28. The van der Waals surface area contributed by atoms with Crippen LogP contribution in [0, 0.1) is 11.7 Å². The Balaban J connectivity index is 0.00000128. The lowest BCUT2D eigenvalue weighted by atomic mass is 9.77. The molecule has 1 fully saturated rings. The highest BCUT2D eigenvalue weighted by Crippen LogP contribution is 2.41. The second-order valence-corrected chi connectivity index (χ2v) is 4.76. The minimum absolute atomic E-state index is 0. The predicted octanol–water partition coefficient (Wildman–Crippen LogP) is 4.35. The molecule has 1 nitrogen and oxygen atoms in total. The smallest absolute Gasteiger partial charge is 0.129 e. The highest BCUT2D eigenvalue weighted by molar-refractivity contribution is 6.42. The zero-order valence-corrected chi connectivity index (χ0v) is 10.9. The van der Waals surface area contributed by atoms with Gasteiger partial charge in [0.05, 0.1) is 10.0 Å². The largest absolute Gasteiger partial charge is 0.324 e. The summed E-state index contributed by atoms with van der Waals surface area (Å²) in [7, 11) is 0. The first-order chi connectivity index (χ1) is 7.11. The van der Waals surface area contributed by atoms with Crippen molar-refractivity contribution < 1.29 is 4.39 Å². The van der Waals surface area contributed by atoms with Crippen molar-refractivity contribution in [2.24, 2.45) is 11.7 Å². The molecule has 0 unspecified atom stereocenters. The third-order valence-electron chi connectivity index (χ3n) is 3.07. The van der Waals surface area contributed by atoms with E-state index in [1.807, 2.05) is 0 Å². The Morgan fingerprint density at radius 2 is 1.94 bits per heavy atom. The van der Waals surface area contributed by atoms with Gasteiger partial charge >= 0.3 is 0 Å². The maximum absolute atomic E-state index is 13.6. The first kappa shape index (κ1) is 14.0. The first-order valence-electron chi connectivity index (χ1n) is 5.00. The van der Waals surface area contributed by atoms with Crippen LogP contribution < -0.4 is 5.73 Å². The molecule has 1 saturated carbocycles. The number of hydrogen-bond donors (Lipinski definition) is 1. The number of halogens is 4. The van der Waals surface area contributed by atoms with Gasteiger partial charge in [-0.25, -0.2) is 4.39 Å². The Bertz CT molecular complexity index is 380. The Morgan fingerprint density at radius 3 is 2.44 bits per heavy atom.